The third-order valence-corrected chi connectivity index (χ3v) is 7.12. The number of nitrogens with one attached hydrogen (secondary N) is 2. The van der Waals surface area contributed by atoms with Crippen molar-refractivity contribution in [1.82, 2.24) is 10.6 Å². The van der Waals surface area contributed by atoms with Gasteiger partial charge >= 0.3 is 12.1 Å². The fourth-order valence-corrected chi connectivity index (χ4v) is 5.18. The number of carbonyl (C=O) groups is 3. The Morgan fingerprint density at radius 1 is 0.971 bits per heavy atom. The highest BCUT2D eigenvalue weighted by Gasteiger charge is 2.32. The van der Waals surface area contributed by atoms with E-state index in [4.69, 9.17) is 9.84 Å². The van der Waals surface area contributed by atoms with Gasteiger partial charge in [-0.3, -0.25) is 4.79 Å². The van der Waals surface area contributed by atoms with Gasteiger partial charge < -0.3 is 20.5 Å². The van der Waals surface area contributed by atoms with Gasteiger partial charge in [0.1, 0.15) is 6.61 Å². The predicted octanol–water partition coefficient (Wildman–Crippen LogP) is 4.48. The van der Waals surface area contributed by atoms with Crippen LogP contribution in [-0.2, 0) is 14.3 Å². The van der Waals surface area contributed by atoms with Crippen LogP contribution in [0.1, 0.15) is 49.7 Å². The zero-order valence-corrected chi connectivity index (χ0v) is 20.0. The molecule has 0 aliphatic heterocycles. The first-order valence-electron chi connectivity index (χ1n) is 12.2. The SMILES string of the molecule is C/C(=C\CNC(=O)[C@@H]1CCCC[C@@H]1CNC(=O)OCC1c2ccccc2-c2ccccc21)C(=O)O. The van der Waals surface area contributed by atoms with Gasteiger partial charge in [-0.15, -0.1) is 0 Å². The third-order valence-electron chi connectivity index (χ3n) is 7.12. The molecule has 7 nitrogen and oxygen atoms in total. The van der Waals surface area contributed by atoms with Crippen LogP contribution >= 0.6 is 0 Å². The summed E-state index contributed by atoms with van der Waals surface area (Å²) in [5, 5.41) is 14.6. The summed E-state index contributed by atoms with van der Waals surface area (Å²) in [6, 6.07) is 16.4. The molecule has 7 heteroatoms. The van der Waals surface area contributed by atoms with E-state index in [2.05, 4.69) is 34.9 Å². The van der Waals surface area contributed by atoms with Gasteiger partial charge in [-0.2, -0.15) is 0 Å². The summed E-state index contributed by atoms with van der Waals surface area (Å²) in [4.78, 5) is 36.2. The van der Waals surface area contributed by atoms with Gasteiger partial charge in [0.2, 0.25) is 5.91 Å². The molecule has 4 rings (SSSR count). The van der Waals surface area contributed by atoms with E-state index in [-0.39, 0.29) is 42.4 Å². The van der Waals surface area contributed by atoms with E-state index < -0.39 is 12.1 Å². The van der Waals surface area contributed by atoms with Crippen molar-refractivity contribution < 1.29 is 24.2 Å². The molecule has 1 saturated carbocycles. The van der Waals surface area contributed by atoms with Crippen LogP contribution in [0.3, 0.4) is 0 Å². The summed E-state index contributed by atoms with van der Waals surface area (Å²) in [5.41, 5.74) is 4.89. The highest BCUT2D eigenvalue weighted by molar-refractivity contribution is 5.86. The topological polar surface area (TPSA) is 105 Å². The van der Waals surface area contributed by atoms with Crippen molar-refractivity contribution in [1.29, 1.82) is 0 Å². The van der Waals surface area contributed by atoms with Crippen LogP contribution in [0.5, 0.6) is 0 Å². The van der Waals surface area contributed by atoms with Gasteiger partial charge in [-0.05, 0) is 47.9 Å². The fourth-order valence-electron chi connectivity index (χ4n) is 5.18. The quantitative estimate of drug-likeness (QED) is 0.488. The number of rotatable bonds is 8. The monoisotopic (exact) mass is 476 g/mol. The number of carboxylic acids is 1. The summed E-state index contributed by atoms with van der Waals surface area (Å²) < 4.78 is 5.63. The van der Waals surface area contributed by atoms with Crippen LogP contribution in [0.25, 0.3) is 11.1 Å². The number of carboxylic acid groups (broad SMARTS) is 1. The van der Waals surface area contributed by atoms with E-state index in [0.29, 0.717) is 6.54 Å². The zero-order valence-electron chi connectivity index (χ0n) is 20.0. The van der Waals surface area contributed by atoms with E-state index in [0.717, 1.165) is 36.8 Å². The van der Waals surface area contributed by atoms with Crippen molar-refractivity contribution in [2.75, 3.05) is 19.7 Å². The molecule has 2 aliphatic rings. The van der Waals surface area contributed by atoms with Crippen molar-refractivity contribution in [2.45, 2.75) is 38.5 Å². The van der Waals surface area contributed by atoms with Crippen LogP contribution in [0.2, 0.25) is 0 Å². The highest BCUT2D eigenvalue weighted by Crippen LogP contribution is 2.44. The minimum atomic E-state index is -0.998. The summed E-state index contributed by atoms with van der Waals surface area (Å²) in [6.45, 7) is 2.30. The van der Waals surface area contributed by atoms with Crippen molar-refractivity contribution >= 4 is 18.0 Å². The summed E-state index contributed by atoms with van der Waals surface area (Å²) in [7, 11) is 0. The summed E-state index contributed by atoms with van der Waals surface area (Å²) in [6.07, 6.45) is 4.60. The number of carbonyl (C=O) groups excluding carboxylic acids is 2. The molecule has 2 aromatic carbocycles. The average Bonchev–Trinajstić information content (AvgIpc) is 3.20. The molecule has 3 N–H and O–H groups in total. The maximum absolute atomic E-state index is 12.7. The molecule has 35 heavy (non-hydrogen) atoms. The van der Waals surface area contributed by atoms with Gasteiger partial charge in [-0.1, -0.05) is 67.4 Å². The van der Waals surface area contributed by atoms with Crippen molar-refractivity contribution in [3.63, 3.8) is 0 Å². The maximum Gasteiger partial charge on any atom is 0.407 e. The summed E-state index contributed by atoms with van der Waals surface area (Å²) in [5.74, 6) is -1.28. The molecule has 0 spiro atoms. The smallest absolute Gasteiger partial charge is 0.407 e. The molecule has 0 heterocycles. The second kappa shape index (κ2) is 11.2. The number of hydrogen-bond acceptors (Lipinski definition) is 4. The van der Waals surface area contributed by atoms with E-state index in [1.165, 1.54) is 24.1 Å². The first kappa shape index (κ1) is 24.5. The van der Waals surface area contributed by atoms with Gasteiger partial charge in [-0.25, -0.2) is 9.59 Å². The minimum absolute atomic E-state index is 0.00340. The molecular formula is C28H32N2O5. The van der Waals surface area contributed by atoms with E-state index in [1.807, 2.05) is 24.3 Å². The van der Waals surface area contributed by atoms with Crippen molar-refractivity contribution in [3.05, 3.63) is 71.3 Å². The van der Waals surface area contributed by atoms with Crippen LogP contribution < -0.4 is 10.6 Å². The average molecular weight is 477 g/mol. The number of hydrogen-bond donors (Lipinski definition) is 3. The van der Waals surface area contributed by atoms with Gasteiger partial charge in [0.15, 0.2) is 0 Å². The summed E-state index contributed by atoms with van der Waals surface area (Å²) >= 11 is 0. The number of benzene rings is 2. The Balaban J connectivity index is 1.30. The lowest BCUT2D eigenvalue weighted by Crippen LogP contribution is -2.42. The molecule has 0 bridgehead atoms. The van der Waals surface area contributed by atoms with E-state index >= 15 is 0 Å². The molecule has 2 amide bonds. The molecule has 0 saturated heterocycles. The fraction of sp³-hybridized carbons (Fsp3) is 0.393. The maximum atomic E-state index is 12.7. The molecule has 0 aromatic heterocycles. The highest BCUT2D eigenvalue weighted by atomic mass is 16.5. The molecule has 2 aromatic rings. The molecule has 184 valence electrons. The second-order valence-electron chi connectivity index (χ2n) is 9.29. The van der Waals surface area contributed by atoms with E-state index in [9.17, 15) is 14.4 Å². The predicted molar refractivity (Wildman–Crippen MR) is 133 cm³/mol. The molecule has 2 aliphatic carbocycles. The minimum Gasteiger partial charge on any atom is -0.478 e. The lowest BCUT2D eigenvalue weighted by Gasteiger charge is -2.30. The molecule has 1 fully saturated rings. The second-order valence-corrected chi connectivity index (χ2v) is 9.29. The Kier molecular flexibility index (Phi) is 7.85. The first-order chi connectivity index (χ1) is 17.0. The Labute approximate surface area is 205 Å². The van der Waals surface area contributed by atoms with Crippen molar-refractivity contribution in [2.24, 2.45) is 11.8 Å². The van der Waals surface area contributed by atoms with Crippen LogP contribution in [-0.4, -0.2) is 42.8 Å². The van der Waals surface area contributed by atoms with Gasteiger partial charge in [0.25, 0.3) is 0 Å². The molecular weight excluding hydrogens is 444 g/mol. The standard InChI is InChI=1S/C28H32N2O5/c1-18(27(32)33)14-15-29-26(31)20-9-3-2-8-19(20)16-30-28(34)35-17-25-23-12-6-4-10-21(23)22-11-5-7-13-24(22)25/h4-7,10-14,19-20,25H,2-3,8-9,15-17H2,1H3,(H,29,31)(H,30,34)(H,32,33)/b18-14+/t19-,20-/m1/s1. The lowest BCUT2D eigenvalue weighted by atomic mass is 9.78. The van der Waals surface area contributed by atoms with Crippen molar-refractivity contribution in [3.8, 4) is 11.1 Å². The molecule has 0 unspecified atom stereocenters. The van der Waals surface area contributed by atoms with Crippen LogP contribution in [0.15, 0.2) is 60.2 Å². The van der Waals surface area contributed by atoms with E-state index in [1.54, 1.807) is 0 Å². The first-order valence-corrected chi connectivity index (χ1v) is 12.2. The Morgan fingerprint density at radius 2 is 1.60 bits per heavy atom. The molecule has 2 atom stereocenters. The lowest BCUT2D eigenvalue weighted by molar-refractivity contribution is -0.132. The Bertz CT molecular complexity index is 1080. The van der Waals surface area contributed by atoms with Gasteiger partial charge in [0.05, 0.1) is 0 Å². The van der Waals surface area contributed by atoms with Gasteiger partial charge in [0, 0.05) is 30.5 Å². The van der Waals surface area contributed by atoms with Crippen LogP contribution in [0, 0.1) is 11.8 Å². The normalized spacial score (nSPS) is 19.4. The molecule has 0 radical (unpaired) electrons. The number of fused-ring (bicyclic) bond motifs is 3. The number of ether oxygens (including phenoxy) is 1. The zero-order chi connectivity index (χ0) is 24.8. The Morgan fingerprint density at radius 3 is 2.26 bits per heavy atom. The third kappa shape index (κ3) is 5.73. The Hall–Kier alpha value is -3.61. The number of alkyl carbamates (subject to hydrolysis) is 1. The number of aliphatic carboxylic acids is 1. The number of amides is 2. The largest absolute Gasteiger partial charge is 0.478 e. The van der Waals surface area contributed by atoms with Crippen LogP contribution in [0.4, 0.5) is 4.79 Å².